The van der Waals surface area contributed by atoms with Gasteiger partial charge in [-0.1, -0.05) is 11.6 Å². The molecule has 3 rings (SSSR count). The minimum atomic E-state index is -0.0488. The van der Waals surface area contributed by atoms with Gasteiger partial charge in [-0.3, -0.25) is 4.79 Å². The number of nitrogens with zero attached hydrogens (tertiary/aromatic N) is 1. The van der Waals surface area contributed by atoms with Gasteiger partial charge in [0.05, 0.1) is 20.3 Å². The highest BCUT2D eigenvalue weighted by Gasteiger charge is 2.32. The molecule has 138 valence electrons. The number of amides is 1. The first-order valence-corrected chi connectivity index (χ1v) is 8.90. The molecule has 0 N–H and O–H groups in total. The smallest absolute Gasteiger partial charge is 0.261 e. The third kappa shape index (κ3) is 4.05. The van der Waals surface area contributed by atoms with Crippen molar-refractivity contribution in [2.24, 2.45) is 0 Å². The van der Waals surface area contributed by atoms with Crippen LogP contribution in [0.1, 0.15) is 24.4 Å². The molecule has 1 heterocycles. The number of carbonyl (C=O) groups excluding carboxylic acids is 1. The number of benzene rings is 2. The maximum Gasteiger partial charge on any atom is 0.261 e. The maximum atomic E-state index is 12.7. The molecule has 1 saturated heterocycles. The van der Waals surface area contributed by atoms with Crippen LogP contribution in [-0.4, -0.2) is 38.2 Å². The van der Waals surface area contributed by atoms with E-state index in [9.17, 15) is 4.79 Å². The topological polar surface area (TPSA) is 48.0 Å². The molecule has 1 aliphatic heterocycles. The highest BCUT2D eigenvalue weighted by Crippen LogP contribution is 2.38. The number of halogens is 1. The number of ether oxygens (including phenoxy) is 3. The van der Waals surface area contributed by atoms with Gasteiger partial charge in [0.2, 0.25) is 0 Å². The fourth-order valence-corrected chi connectivity index (χ4v) is 3.37. The molecular weight excluding hydrogens is 354 g/mol. The van der Waals surface area contributed by atoms with Crippen LogP contribution in [0, 0.1) is 0 Å². The van der Waals surface area contributed by atoms with Crippen molar-refractivity contribution in [3.63, 3.8) is 0 Å². The first kappa shape index (κ1) is 18.4. The van der Waals surface area contributed by atoms with E-state index in [0.29, 0.717) is 17.3 Å². The lowest BCUT2D eigenvalue weighted by Crippen LogP contribution is -2.34. The third-order valence-electron chi connectivity index (χ3n) is 4.54. The average Bonchev–Trinajstić information content (AvgIpc) is 3.16. The molecule has 2 aromatic carbocycles. The summed E-state index contributed by atoms with van der Waals surface area (Å²) in [4.78, 5) is 14.6. The second kappa shape index (κ2) is 8.32. The molecule has 0 bridgehead atoms. The SMILES string of the molecule is COc1ccc(OC)c([C@@H]2CCCN2C(=O)COc2ccc(Cl)cc2)c1. The maximum absolute atomic E-state index is 12.7. The van der Waals surface area contributed by atoms with Crippen LogP contribution in [-0.2, 0) is 4.79 Å². The molecule has 1 fully saturated rings. The van der Waals surface area contributed by atoms with Crippen molar-refractivity contribution < 1.29 is 19.0 Å². The Balaban J connectivity index is 1.73. The molecule has 0 spiro atoms. The summed E-state index contributed by atoms with van der Waals surface area (Å²) in [5, 5.41) is 0.633. The summed E-state index contributed by atoms with van der Waals surface area (Å²) in [5.41, 5.74) is 0.962. The summed E-state index contributed by atoms with van der Waals surface area (Å²) in [6.07, 6.45) is 1.83. The fraction of sp³-hybridized carbons (Fsp3) is 0.350. The van der Waals surface area contributed by atoms with Gasteiger partial charge in [0.15, 0.2) is 6.61 Å². The number of likely N-dealkylation sites (tertiary alicyclic amines) is 1. The van der Waals surface area contributed by atoms with Crippen LogP contribution in [0.4, 0.5) is 0 Å². The van der Waals surface area contributed by atoms with E-state index in [1.807, 2.05) is 23.1 Å². The highest BCUT2D eigenvalue weighted by atomic mass is 35.5. The predicted octanol–water partition coefficient (Wildman–Crippen LogP) is 4.10. The van der Waals surface area contributed by atoms with E-state index in [-0.39, 0.29) is 18.6 Å². The Kier molecular flexibility index (Phi) is 5.89. The summed E-state index contributed by atoms with van der Waals surface area (Å²) in [6, 6.07) is 12.6. The molecule has 1 aliphatic rings. The molecule has 26 heavy (non-hydrogen) atoms. The lowest BCUT2D eigenvalue weighted by molar-refractivity contribution is -0.134. The molecule has 5 nitrogen and oxygen atoms in total. The van der Waals surface area contributed by atoms with Crippen molar-refractivity contribution in [2.45, 2.75) is 18.9 Å². The first-order chi connectivity index (χ1) is 12.6. The lowest BCUT2D eigenvalue weighted by Gasteiger charge is -2.26. The van der Waals surface area contributed by atoms with E-state index in [1.54, 1.807) is 38.5 Å². The van der Waals surface area contributed by atoms with E-state index in [0.717, 1.165) is 29.9 Å². The molecule has 0 unspecified atom stereocenters. The number of hydrogen-bond acceptors (Lipinski definition) is 4. The van der Waals surface area contributed by atoms with Crippen LogP contribution in [0.5, 0.6) is 17.2 Å². The van der Waals surface area contributed by atoms with Gasteiger partial charge in [-0.15, -0.1) is 0 Å². The Labute approximate surface area is 158 Å². The minimum Gasteiger partial charge on any atom is -0.497 e. The average molecular weight is 376 g/mol. The van der Waals surface area contributed by atoms with E-state index in [4.69, 9.17) is 25.8 Å². The van der Waals surface area contributed by atoms with Crippen LogP contribution in [0.25, 0.3) is 0 Å². The van der Waals surface area contributed by atoms with Gasteiger partial charge in [-0.25, -0.2) is 0 Å². The number of methoxy groups -OCH3 is 2. The monoisotopic (exact) mass is 375 g/mol. The standard InChI is InChI=1S/C20H22ClNO4/c1-24-16-9-10-19(25-2)17(12-16)18-4-3-11-22(18)20(23)13-26-15-7-5-14(21)6-8-15/h5-10,12,18H,3-4,11,13H2,1-2H3/t18-/m0/s1. The van der Waals surface area contributed by atoms with Gasteiger partial charge in [-0.2, -0.15) is 0 Å². The zero-order chi connectivity index (χ0) is 18.5. The van der Waals surface area contributed by atoms with Gasteiger partial charge in [0.1, 0.15) is 17.2 Å². The van der Waals surface area contributed by atoms with Crippen LogP contribution in [0.2, 0.25) is 5.02 Å². The molecule has 2 aromatic rings. The summed E-state index contributed by atoms with van der Waals surface area (Å²) < 4.78 is 16.4. The fourth-order valence-electron chi connectivity index (χ4n) is 3.25. The van der Waals surface area contributed by atoms with E-state index < -0.39 is 0 Å². The zero-order valence-corrected chi connectivity index (χ0v) is 15.7. The molecular formula is C20H22ClNO4. The Morgan fingerprint density at radius 1 is 1.12 bits per heavy atom. The number of carbonyl (C=O) groups is 1. The van der Waals surface area contributed by atoms with Crippen molar-refractivity contribution in [1.29, 1.82) is 0 Å². The Morgan fingerprint density at radius 2 is 1.85 bits per heavy atom. The van der Waals surface area contributed by atoms with Gasteiger partial charge in [0, 0.05) is 17.1 Å². The van der Waals surface area contributed by atoms with Gasteiger partial charge < -0.3 is 19.1 Å². The summed E-state index contributed by atoms with van der Waals surface area (Å²) in [6.45, 7) is 0.693. The van der Waals surface area contributed by atoms with Crippen LogP contribution >= 0.6 is 11.6 Å². The second-order valence-corrected chi connectivity index (χ2v) is 6.53. The zero-order valence-electron chi connectivity index (χ0n) is 14.9. The Morgan fingerprint density at radius 3 is 2.54 bits per heavy atom. The van der Waals surface area contributed by atoms with Crippen LogP contribution < -0.4 is 14.2 Å². The normalized spacial score (nSPS) is 16.4. The molecule has 0 saturated carbocycles. The van der Waals surface area contributed by atoms with Gasteiger partial charge in [-0.05, 0) is 55.3 Å². The van der Waals surface area contributed by atoms with Crippen molar-refractivity contribution in [1.82, 2.24) is 4.90 Å². The molecule has 1 atom stereocenters. The summed E-state index contributed by atoms with van der Waals surface area (Å²) in [7, 11) is 3.26. The quantitative estimate of drug-likeness (QED) is 0.762. The molecule has 1 amide bonds. The predicted molar refractivity (Wildman–Crippen MR) is 100 cm³/mol. The first-order valence-electron chi connectivity index (χ1n) is 8.52. The Hall–Kier alpha value is -2.40. The minimum absolute atomic E-state index is 0.00951. The largest absolute Gasteiger partial charge is 0.497 e. The number of hydrogen-bond donors (Lipinski definition) is 0. The molecule has 0 aromatic heterocycles. The number of rotatable bonds is 6. The second-order valence-electron chi connectivity index (χ2n) is 6.10. The van der Waals surface area contributed by atoms with Crippen molar-refractivity contribution in [3.05, 3.63) is 53.1 Å². The molecule has 0 radical (unpaired) electrons. The van der Waals surface area contributed by atoms with Gasteiger partial charge >= 0.3 is 0 Å². The van der Waals surface area contributed by atoms with Crippen molar-refractivity contribution in [2.75, 3.05) is 27.4 Å². The van der Waals surface area contributed by atoms with Crippen LogP contribution in [0.3, 0.4) is 0 Å². The van der Waals surface area contributed by atoms with E-state index in [1.165, 1.54) is 0 Å². The lowest BCUT2D eigenvalue weighted by atomic mass is 10.0. The van der Waals surface area contributed by atoms with Crippen molar-refractivity contribution in [3.8, 4) is 17.2 Å². The van der Waals surface area contributed by atoms with Gasteiger partial charge in [0.25, 0.3) is 5.91 Å². The third-order valence-corrected chi connectivity index (χ3v) is 4.80. The molecule has 6 heteroatoms. The van der Waals surface area contributed by atoms with E-state index >= 15 is 0 Å². The Bertz CT molecular complexity index is 763. The summed E-state index contributed by atoms with van der Waals surface area (Å²) >= 11 is 5.87. The van der Waals surface area contributed by atoms with Crippen molar-refractivity contribution >= 4 is 17.5 Å². The molecule has 0 aliphatic carbocycles. The van der Waals surface area contributed by atoms with Crippen LogP contribution in [0.15, 0.2) is 42.5 Å². The highest BCUT2D eigenvalue weighted by molar-refractivity contribution is 6.30. The van der Waals surface area contributed by atoms with E-state index in [2.05, 4.69) is 0 Å². The summed E-state index contributed by atoms with van der Waals surface area (Å²) in [5.74, 6) is 2.08.